The molecule has 0 radical (unpaired) electrons. The van der Waals surface area contributed by atoms with E-state index in [4.69, 9.17) is 11.5 Å². The highest BCUT2D eigenvalue weighted by Gasteiger charge is 2.34. The van der Waals surface area contributed by atoms with Crippen molar-refractivity contribution in [3.8, 4) is 0 Å². The first-order valence-electron chi connectivity index (χ1n) is 3.12. The molecule has 6 nitrogen and oxygen atoms in total. The Kier molecular flexibility index (Phi) is 3.19. The molecule has 0 aromatic carbocycles. The Morgan fingerprint density at radius 3 is 2.08 bits per heavy atom. The van der Waals surface area contributed by atoms with E-state index >= 15 is 0 Å². The topological polar surface area (TPSA) is 112 Å². The maximum atomic E-state index is 10.7. The van der Waals surface area contributed by atoms with Gasteiger partial charge in [-0.3, -0.25) is 8.98 Å². The Morgan fingerprint density at radius 1 is 1.58 bits per heavy atom. The Morgan fingerprint density at radius 2 is 2.00 bits per heavy atom. The minimum atomic E-state index is -3.72. The standard InChI is InChI=1S/C5H12N2O4S/c1-5(3-6,4(7)8)11-12(2,9)10/h3,6H2,1-2H3,(H2,7,8). The van der Waals surface area contributed by atoms with E-state index < -0.39 is 21.6 Å². The molecule has 1 unspecified atom stereocenters. The monoisotopic (exact) mass is 196 g/mol. The summed E-state index contributed by atoms with van der Waals surface area (Å²) in [6.07, 6.45) is 0.823. The molecule has 0 aliphatic rings. The zero-order chi connectivity index (χ0) is 9.99. The molecule has 0 aliphatic heterocycles. The number of carbonyl (C=O) groups is 1. The van der Waals surface area contributed by atoms with E-state index in [1.165, 1.54) is 6.92 Å². The van der Waals surface area contributed by atoms with Crippen LogP contribution in [0.3, 0.4) is 0 Å². The number of hydrogen-bond acceptors (Lipinski definition) is 5. The van der Waals surface area contributed by atoms with Crippen molar-refractivity contribution in [3.05, 3.63) is 0 Å². The molecular weight excluding hydrogens is 184 g/mol. The number of hydrogen-bond donors (Lipinski definition) is 2. The average Bonchev–Trinajstić information content (AvgIpc) is 1.83. The van der Waals surface area contributed by atoms with Crippen LogP contribution in [0.15, 0.2) is 0 Å². The maximum absolute atomic E-state index is 10.7. The normalized spacial score (nSPS) is 16.9. The zero-order valence-corrected chi connectivity index (χ0v) is 7.72. The van der Waals surface area contributed by atoms with Crippen LogP contribution in [0.2, 0.25) is 0 Å². The molecule has 0 fully saturated rings. The first-order valence-corrected chi connectivity index (χ1v) is 4.93. The molecule has 1 atom stereocenters. The highest BCUT2D eigenvalue weighted by atomic mass is 32.2. The van der Waals surface area contributed by atoms with Crippen LogP contribution in [0, 0.1) is 0 Å². The molecule has 1 amide bonds. The van der Waals surface area contributed by atoms with Crippen LogP contribution >= 0.6 is 0 Å². The van der Waals surface area contributed by atoms with E-state index in [9.17, 15) is 13.2 Å². The Hall–Kier alpha value is -0.660. The minimum absolute atomic E-state index is 0.282. The van der Waals surface area contributed by atoms with Crippen molar-refractivity contribution >= 4 is 16.0 Å². The Balaban J connectivity index is 4.69. The second kappa shape index (κ2) is 3.38. The summed E-state index contributed by atoms with van der Waals surface area (Å²) in [7, 11) is -3.72. The fourth-order valence-corrected chi connectivity index (χ4v) is 1.33. The van der Waals surface area contributed by atoms with Crippen LogP contribution in [-0.2, 0) is 19.1 Å². The molecule has 0 rings (SSSR count). The lowest BCUT2D eigenvalue weighted by molar-refractivity contribution is -0.130. The first-order chi connectivity index (χ1) is 5.21. The molecule has 4 N–H and O–H groups in total. The molecule has 0 saturated heterocycles. The van der Waals surface area contributed by atoms with E-state index in [2.05, 4.69) is 4.18 Å². The van der Waals surface area contributed by atoms with E-state index in [1.54, 1.807) is 0 Å². The lowest BCUT2D eigenvalue weighted by Gasteiger charge is -2.22. The van der Waals surface area contributed by atoms with Crippen LogP contribution < -0.4 is 11.5 Å². The van der Waals surface area contributed by atoms with Gasteiger partial charge >= 0.3 is 0 Å². The fraction of sp³-hybridized carbons (Fsp3) is 0.800. The van der Waals surface area contributed by atoms with E-state index in [-0.39, 0.29) is 6.54 Å². The SMILES string of the molecule is CC(CN)(OS(C)(=O)=O)C(N)=O. The summed E-state index contributed by atoms with van der Waals surface area (Å²) >= 11 is 0. The molecule has 0 saturated carbocycles. The van der Waals surface area contributed by atoms with Gasteiger partial charge in [-0.25, -0.2) is 0 Å². The van der Waals surface area contributed by atoms with E-state index in [0.717, 1.165) is 6.26 Å². The Bertz CT molecular complexity index is 273. The molecule has 0 aliphatic carbocycles. The summed E-state index contributed by atoms with van der Waals surface area (Å²) in [5, 5.41) is 0. The predicted molar refractivity (Wildman–Crippen MR) is 42.6 cm³/mol. The van der Waals surface area contributed by atoms with Gasteiger partial charge in [-0.2, -0.15) is 8.42 Å². The Labute approximate surface area is 71.0 Å². The fourth-order valence-electron chi connectivity index (χ4n) is 0.510. The van der Waals surface area contributed by atoms with E-state index in [1.807, 2.05) is 0 Å². The van der Waals surface area contributed by atoms with Crippen LogP contribution in [-0.4, -0.2) is 32.7 Å². The summed E-state index contributed by atoms with van der Waals surface area (Å²) in [5.74, 6) is -0.907. The molecule has 0 aromatic rings. The smallest absolute Gasteiger partial charge is 0.265 e. The van der Waals surface area contributed by atoms with Gasteiger partial charge in [0.15, 0.2) is 5.60 Å². The van der Waals surface area contributed by atoms with E-state index in [0.29, 0.717) is 0 Å². The summed E-state index contributed by atoms with van der Waals surface area (Å²) in [6, 6.07) is 0. The van der Waals surface area contributed by atoms with Crippen molar-refractivity contribution < 1.29 is 17.4 Å². The first kappa shape index (κ1) is 11.3. The number of nitrogens with two attached hydrogens (primary N) is 2. The maximum Gasteiger partial charge on any atom is 0.265 e. The van der Waals surface area contributed by atoms with Gasteiger partial charge in [-0.15, -0.1) is 0 Å². The van der Waals surface area contributed by atoms with Gasteiger partial charge in [0, 0.05) is 6.54 Å². The summed E-state index contributed by atoms with van der Waals surface area (Å²) < 4.78 is 25.7. The number of carbonyl (C=O) groups excluding carboxylic acids is 1. The van der Waals surface area contributed by atoms with Crippen LogP contribution in [0.25, 0.3) is 0 Å². The highest BCUT2D eigenvalue weighted by Crippen LogP contribution is 2.10. The molecule has 0 bridgehead atoms. The third-order valence-electron chi connectivity index (χ3n) is 1.25. The van der Waals surface area contributed by atoms with Crippen molar-refractivity contribution in [2.75, 3.05) is 12.8 Å². The third-order valence-corrected chi connectivity index (χ3v) is 1.92. The highest BCUT2D eigenvalue weighted by molar-refractivity contribution is 7.86. The van der Waals surface area contributed by atoms with Crippen molar-refractivity contribution in [1.82, 2.24) is 0 Å². The molecule has 72 valence electrons. The molecule has 0 spiro atoms. The van der Waals surface area contributed by atoms with Gasteiger partial charge in [0.2, 0.25) is 0 Å². The van der Waals surface area contributed by atoms with Crippen molar-refractivity contribution in [2.24, 2.45) is 11.5 Å². The second-order valence-corrected chi connectivity index (χ2v) is 4.16. The molecule has 12 heavy (non-hydrogen) atoms. The van der Waals surface area contributed by atoms with Gasteiger partial charge in [-0.05, 0) is 6.92 Å². The zero-order valence-electron chi connectivity index (χ0n) is 6.90. The number of amides is 1. The van der Waals surface area contributed by atoms with Crippen molar-refractivity contribution in [2.45, 2.75) is 12.5 Å². The van der Waals surface area contributed by atoms with Crippen LogP contribution in [0.4, 0.5) is 0 Å². The van der Waals surface area contributed by atoms with Crippen molar-refractivity contribution in [1.29, 1.82) is 0 Å². The van der Waals surface area contributed by atoms with Crippen LogP contribution in [0.1, 0.15) is 6.92 Å². The second-order valence-electron chi connectivity index (χ2n) is 2.59. The van der Waals surface area contributed by atoms with Gasteiger partial charge < -0.3 is 11.5 Å². The lowest BCUT2D eigenvalue weighted by Crippen LogP contribution is -2.50. The summed E-state index contributed by atoms with van der Waals surface area (Å²) in [4.78, 5) is 10.7. The molecule has 0 aromatic heterocycles. The average molecular weight is 196 g/mol. The minimum Gasteiger partial charge on any atom is -0.367 e. The lowest BCUT2D eigenvalue weighted by atomic mass is 10.1. The number of primary amides is 1. The summed E-state index contributed by atoms with van der Waals surface area (Å²) in [5.41, 5.74) is 8.36. The number of rotatable bonds is 4. The molecular formula is C5H12N2O4S. The predicted octanol–water partition coefficient (Wildman–Crippen LogP) is -1.83. The largest absolute Gasteiger partial charge is 0.367 e. The van der Waals surface area contributed by atoms with Crippen LogP contribution in [0.5, 0.6) is 0 Å². The van der Waals surface area contributed by atoms with Gasteiger partial charge in [0.05, 0.1) is 6.26 Å². The summed E-state index contributed by atoms with van der Waals surface area (Å²) in [6.45, 7) is 0.936. The molecule has 0 heterocycles. The molecule has 7 heteroatoms. The third kappa shape index (κ3) is 3.16. The quantitative estimate of drug-likeness (QED) is 0.513. The van der Waals surface area contributed by atoms with Crippen molar-refractivity contribution in [3.63, 3.8) is 0 Å². The van der Waals surface area contributed by atoms with Gasteiger partial charge in [0.25, 0.3) is 16.0 Å². The van der Waals surface area contributed by atoms with Gasteiger partial charge in [0.1, 0.15) is 0 Å². The van der Waals surface area contributed by atoms with Gasteiger partial charge in [-0.1, -0.05) is 0 Å².